The molecular weight excluding hydrogens is 256 g/mol. The minimum absolute atomic E-state index is 0.289. The summed E-state index contributed by atoms with van der Waals surface area (Å²) in [7, 11) is 3.53. The molecule has 0 N–H and O–H groups in total. The maximum Gasteiger partial charge on any atom is 0.141 e. The van der Waals surface area contributed by atoms with Gasteiger partial charge in [0.05, 0.1) is 19.3 Å². The van der Waals surface area contributed by atoms with Crippen LogP contribution in [0.25, 0.3) is 0 Å². The van der Waals surface area contributed by atoms with Crippen LogP contribution in [0.2, 0.25) is 0 Å². The molecule has 6 nitrogen and oxygen atoms in total. The van der Waals surface area contributed by atoms with Gasteiger partial charge in [0.2, 0.25) is 0 Å². The number of hydrogen-bond donors (Lipinski definition) is 0. The van der Waals surface area contributed by atoms with Crippen LogP contribution in [-0.4, -0.2) is 59.2 Å². The van der Waals surface area contributed by atoms with Gasteiger partial charge in [-0.15, -0.1) is 0 Å². The lowest BCUT2D eigenvalue weighted by molar-refractivity contribution is 0.104. The van der Waals surface area contributed by atoms with Crippen molar-refractivity contribution in [3.63, 3.8) is 0 Å². The third-order valence-electron chi connectivity index (χ3n) is 3.76. The number of rotatable bonds is 7. The van der Waals surface area contributed by atoms with Crippen molar-refractivity contribution in [3.05, 3.63) is 12.2 Å². The van der Waals surface area contributed by atoms with Gasteiger partial charge in [-0.3, -0.25) is 4.90 Å². The Morgan fingerprint density at radius 3 is 2.85 bits per heavy atom. The van der Waals surface area contributed by atoms with Crippen molar-refractivity contribution in [2.75, 3.05) is 27.4 Å². The molecule has 1 fully saturated rings. The highest BCUT2D eigenvalue weighted by Gasteiger charge is 2.32. The van der Waals surface area contributed by atoms with Crippen LogP contribution in [0.4, 0.5) is 0 Å². The van der Waals surface area contributed by atoms with Gasteiger partial charge in [-0.1, -0.05) is 13.8 Å². The predicted octanol–water partition coefficient (Wildman–Crippen LogP) is 1.17. The maximum atomic E-state index is 5.49. The molecule has 0 spiro atoms. The number of methoxy groups -OCH3 is 2. The molecule has 0 bridgehead atoms. The van der Waals surface area contributed by atoms with E-state index in [-0.39, 0.29) is 6.10 Å². The largest absolute Gasteiger partial charge is 0.383 e. The molecule has 2 heterocycles. The van der Waals surface area contributed by atoms with E-state index in [0.29, 0.717) is 12.0 Å². The molecule has 1 aromatic heterocycles. The first-order chi connectivity index (χ1) is 9.63. The van der Waals surface area contributed by atoms with E-state index in [1.54, 1.807) is 20.5 Å². The Bertz CT molecular complexity index is 408. The Labute approximate surface area is 121 Å². The third kappa shape index (κ3) is 3.77. The molecule has 0 amide bonds. The average Bonchev–Trinajstić information content (AvgIpc) is 2.98. The smallest absolute Gasteiger partial charge is 0.141 e. The van der Waals surface area contributed by atoms with Crippen LogP contribution in [0.3, 0.4) is 0 Å². The molecule has 1 aliphatic heterocycles. The zero-order valence-electron chi connectivity index (χ0n) is 13.0. The second-order valence-electron chi connectivity index (χ2n) is 5.88. The first-order valence-electron chi connectivity index (χ1n) is 7.26. The van der Waals surface area contributed by atoms with E-state index in [0.717, 1.165) is 38.5 Å². The minimum Gasteiger partial charge on any atom is -0.383 e. The van der Waals surface area contributed by atoms with Crippen molar-refractivity contribution in [1.82, 2.24) is 19.7 Å². The molecular formula is C14H26N4O2. The summed E-state index contributed by atoms with van der Waals surface area (Å²) >= 11 is 0. The van der Waals surface area contributed by atoms with Crippen LogP contribution in [-0.2, 0) is 22.6 Å². The Morgan fingerprint density at radius 2 is 2.20 bits per heavy atom. The Morgan fingerprint density at radius 1 is 1.40 bits per heavy atom. The highest BCUT2D eigenvalue weighted by molar-refractivity contribution is 4.92. The fraction of sp³-hybridized carbons (Fsp3) is 0.857. The van der Waals surface area contributed by atoms with Gasteiger partial charge >= 0.3 is 0 Å². The maximum absolute atomic E-state index is 5.49. The van der Waals surface area contributed by atoms with Gasteiger partial charge in [-0.25, -0.2) is 9.67 Å². The highest BCUT2D eigenvalue weighted by Crippen LogP contribution is 2.22. The highest BCUT2D eigenvalue weighted by atomic mass is 16.5. The van der Waals surface area contributed by atoms with Crippen LogP contribution in [0.5, 0.6) is 0 Å². The Hall–Kier alpha value is -0.980. The molecule has 0 unspecified atom stereocenters. The van der Waals surface area contributed by atoms with Gasteiger partial charge in [0.15, 0.2) is 0 Å². The third-order valence-corrected chi connectivity index (χ3v) is 3.76. The first-order valence-corrected chi connectivity index (χ1v) is 7.26. The second kappa shape index (κ2) is 7.15. The van der Waals surface area contributed by atoms with Crippen LogP contribution >= 0.6 is 0 Å². The van der Waals surface area contributed by atoms with Gasteiger partial charge in [0.1, 0.15) is 12.2 Å². The summed E-state index contributed by atoms with van der Waals surface area (Å²) in [5, 5.41) is 4.32. The van der Waals surface area contributed by atoms with E-state index in [1.807, 2.05) is 4.68 Å². The molecule has 1 aliphatic rings. The van der Waals surface area contributed by atoms with Crippen molar-refractivity contribution in [1.29, 1.82) is 0 Å². The lowest BCUT2D eigenvalue weighted by Crippen LogP contribution is -2.33. The van der Waals surface area contributed by atoms with Gasteiger partial charge in [0, 0.05) is 33.4 Å². The van der Waals surface area contributed by atoms with Gasteiger partial charge < -0.3 is 9.47 Å². The van der Waals surface area contributed by atoms with Crippen molar-refractivity contribution in [3.8, 4) is 0 Å². The monoisotopic (exact) mass is 282 g/mol. The molecule has 1 aromatic rings. The van der Waals surface area contributed by atoms with Crippen LogP contribution in [0.1, 0.15) is 26.1 Å². The Kier molecular flexibility index (Phi) is 5.51. The average molecular weight is 282 g/mol. The molecule has 0 aliphatic carbocycles. The summed E-state index contributed by atoms with van der Waals surface area (Å²) < 4.78 is 12.8. The zero-order chi connectivity index (χ0) is 14.5. The molecule has 2 rings (SSSR count). The molecule has 0 saturated carbocycles. The van der Waals surface area contributed by atoms with Crippen LogP contribution in [0.15, 0.2) is 6.33 Å². The van der Waals surface area contributed by atoms with E-state index in [9.17, 15) is 0 Å². The standard InChI is InChI=1S/C14H26N4O2/c1-11(2)6-18-14(15-10-16-18)8-17-7-13(20-4)5-12(17)9-19-3/h10-13H,5-9H2,1-4H3/t12-,13-/m0/s1. The summed E-state index contributed by atoms with van der Waals surface area (Å²) in [4.78, 5) is 6.79. The lowest BCUT2D eigenvalue weighted by Gasteiger charge is -2.23. The summed E-state index contributed by atoms with van der Waals surface area (Å²) in [5.41, 5.74) is 0. The predicted molar refractivity (Wildman–Crippen MR) is 76.3 cm³/mol. The molecule has 0 radical (unpaired) electrons. The minimum atomic E-state index is 0.289. The molecule has 20 heavy (non-hydrogen) atoms. The van der Waals surface area contributed by atoms with Crippen molar-refractivity contribution in [2.24, 2.45) is 5.92 Å². The molecule has 114 valence electrons. The van der Waals surface area contributed by atoms with Gasteiger partial charge in [-0.2, -0.15) is 5.10 Å². The fourth-order valence-corrected chi connectivity index (χ4v) is 2.76. The molecule has 1 saturated heterocycles. The first kappa shape index (κ1) is 15.4. The molecule has 6 heteroatoms. The van der Waals surface area contributed by atoms with Gasteiger partial charge in [0.25, 0.3) is 0 Å². The van der Waals surface area contributed by atoms with E-state index in [1.165, 1.54) is 0 Å². The van der Waals surface area contributed by atoms with E-state index >= 15 is 0 Å². The normalized spacial score (nSPS) is 23.9. The number of nitrogens with zero attached hydrogens (tertiary/aromatic N) is 4. The van der Waals surface area contributed by atoms with Crippen molar-refractivity contribution < 1.29 is 9.47 Å². The quantitative estimate of drug-likeness (QED) is 0.751. The second-order valence-corrected chi connectivity index (χ2v) is 5.88. The van der Waals surface area contributed by atoms with Crippen molar-refractivity contribution in [2.45, 2.75) is 45.5 Å². The molecule has 2 atom stereocenters. The summed E-state index contributed by atoms with van der Waals surface area (Å²) in [6.45, 7) is 7.76. The lowest BCUT2D eigenvalue weighted by atomic mass is 10.2. The number of ether oxygens (including phenoxy) is 2. The number of likely N-dealkylation sites (tertiary alicyclic amines) is 1. The SMILES string of the molecule is COC[C@@H]1C[C@H](OC)CN1Cc1ncnn1CC(C)C. The summed E-state index contributed by atoms with van der Waals surface area (Å²) in [6, 6.07) is 0.397. The topological polar surface area (TPSA) is 52.4 Å². The van der Waals surface area contributed by atoms with Gasteiger partial charge in [-0.05, 0) is 12.3 Å². The zero-order valence-corrected chi connectivity index (χ0v) is 13.0. The number of hydrogen-bond acceptors (Lipinski definition) is 5. The number of aromatic nitrogens is 3. The fourth-order valence-electron chi connectivity index (χ4n) is 2.76. The summed E-state index contributed by atoms with van der Waals surface area (Å²) in [6.07, 6.45) is 2.95. The van der Waals surface area contributed by atoms with Crippen LogP contribution in [0, 0.1) is 5.92 Å². The van der Waals surface area contributed by atoms with E-state index < -0.39 is 0 Å². The van der Waals surface area contributed by atoms with E-state index in [4.69, 9.17) is 9.47 Å². The van der Waals surface area contributed by atoms with E-state index in [2.05, 4.69) is 28.8 Å². The van der Waals surface area contributed by atoms with Crippen LogP contribution < -0.4 is 0 Å². The van der Waals surface area contributed by atoms with Crippen molar-refractivity contribution >= 4 is 0 Å². The Balaban J connectivity index is 2.02. The molecule has 0 aromatic carbocycles. The summed E-state index contributed by atoms with van der Waals surface area (Å²) in [5.74, 6) is 1.59.